The van der Waals surface area contributed by atoms with Crippen LogP contribution in [0.3, 0.4) is 0 Å². The first-order valence-electron chi connectivity index (χ1n) is 6.69. The summed E-state index contributed by atoms with van der Waals surface area (Å²) in [5.74, 6) is 0.590. The third kappa shape index (κ3) is 4.88. The Kier molecular flexibility index (Phi) is 6.44. The molecule has 1 amide bonds. The lowest BCUT2D eigenvalue weighted by molar-refractivity contribution is -0.131. The summed E-state index contributed by atoms with van der Waals surface area (Å²) in [6.07, 6.45) is 1.39. The van der Waals surface area contributed by atoms with Gasteiger partial charge < -0.3 is 10.6 Å². The molecular formula is C15H24N2O. The molecular weight excluding hydrogens is 224 g/mol. The number of hydrogen-bond donors (Lipinski definition) is 1. The Morgan fingerprint density at radius 3 is 2.56 bits per heavy atom. The number of carbonyl (C=O) groups is 1. The Hall–Kier alpha value is -1.35. The van der Waals surface area contributed by atoms with Crippen LogP contribution in [0.2, 0.25) is 0 Å². The molecule has 3 heteroatoms. The topological polar surface area (TPSA) is 46.3 Å². The standard InChI is InChI=1S/C15H24N2O/c1-3-17(12-13(2)11-16)15(18)10-9-14-7-5-4-6-8-14/h4-8,13H,3,9-12,16H2,1-2H3. The van der Waals surface area contributed by atoms with Crippen LogP contribution in [0.4, 0.5) is 0 Å². The second-order valence-electron chi connectivity index (χ2n) is 4.76. The van der Waals surface area contributed by atoms with E-state index in [-0.39, 0.29) is 5.91 Å². The van der Waals surface area contributed by atoms with Gasteiger partial charge in [0.05, 0.1) is 0 Å². The Morgan fingerprint density at radius 2 is 2.00 bits per heavy atom. The van der Waals surface area contributed by atoms with Gasteiger partial charge in [-0.1, -0.05) is 37.3 Å². The lowest BCUT2D eigenvalue weighted by Crippen LogP contribution is -2.36. The molecule has 1 unspecified atom stereocenters. The maximum Gasteiger partial charge on any atom is 0.222 e. The number of nitrogens with zero attached hydrogens (tertiary/aromatic N) is 1. The molecule has 0 aliphatic heterocycles. The van der Waals surface area contributed by atoms with Crippen molar-refractivity contribution in [1.29, 1.82) is 0 Å². The number of benzene rings is 1. The zero-order valence-electron chi connectivity index (χ0n) is 11.4. The van der Waals surface area contributed by atoms with Gasteiger partial charge in [-0.3, -0.25) is 4.79 Å². The predicted octanol–water partition coefficient (Wildman–Crippen LogP) is 2.06. The first-order valence-corrected chi connectivity index (χ1v) is 6.69. The molecule has 2 N–H and O–H groups in total. The SMILES string of the molecule is CCN(CC(C)CN)C(=O)CCc1ccccc1. The molecule has 0 spiro atoms. The van der Waals surface area contributed by atoms with Crippen molar-refractivity contribution in [3.05, 3.63) is 35.9 Å². The first-order chi connectivity index (χ1) is 8.67. The molecule has 0 bridgehead atoms. The van der Waals surface area contributed by atoms with Gasteiger partial charge in [-0.15, -0.1) is 0 Å². The van der Waals surface area contributed by atoms with Crippen LogP contribution >= 0.6 is 0 Å². The van der Waals surface area contributed by atoms with Crippen LogP contribution in [0.25, 0.3) is 0 Å². The summed E-state index contributed by atoms with van der Waals surface area (Å²) in [6, 6.07) is 10.1. The molecule has 100 valence electrons. The molecule has 1 aromatic rings. The van der Waals surface area contributed by atoms with E-state index < -0.39 is 0 Å². The average molecular weight is 248 g/mol. The third-order valence-corrected chi connectivity index (χ3v) is 3.14. The van der Waals surface area contributed by atoms with Crippen molar-refractivity contribution in [3.8, 4) is 0 Å². The summed E-state index contributed by atoms with van der Waals surface area (Å²) < 4.78 is 0. The quantitative estimate of drug-likeness (QED) is 0.803. The molecule has 1 rings (SSSR count). The number of hydrogen-bond acceptors (Lipinski definition) is 2. The summed E-state index contributed by atoms with van der Waals surface area (Å²) >= 11 is 0. The molecule has 0 heterocycles. The average Bonchev–Trinajstić information content (AvgIpc) is 2.42. The van der Waals surface area contributed by atoms with Crippen molar-refractivity contribution < 1.29 is 4.79 Å². The van der Waals surface area contributed by atoms with Crippen molar-refractivity contribution in [3.63, 3.8) is 0 Å². The second-order valence-corrected chi connectivity index (χ2v) is 4.76. The highest BCUT2D eigenvalue weighted by Gasteiger charge is 2.13. The van der Waals surface area contributed by atoms with Crippen molar-refractivity contribution in [2.24, 2.45) is 11.7 Å². The van der Waals surface area contributed by atoms with Crippen molar-refractivity contribution >= 4 is 5.91 Å². The Labute approximate surface area is 110 Å². The molecule has 0 radical (unpaired) electrons. The smallest absolute Gasteiger partial charge is 0.222 e. The van der Waals surface area contributed by atoms with E-state index >= 15 is 0 Å². The van der Waals surface area contributed by atoms with Crippen LogP contribution in [0.1, 0.15) is 25.8 Å². The molecule has 1 aromatic carbocycles. The number of amides is 1. The maximum atomic E-state index is 12.1. The number of carbonyl (C=O) groups excluding carboxylic acids is 1. The van der Waals surface area contributed by atoms with Crippen LogP contribution < -0.4 is 5.73 Å². The Balaban J connectivity index is 2.43. The zero-order chi connectivity index (χ0) is 13.4. The fourth-order valence-electron chi connectivity index (χ4n) is 1.91. The summed E-state index contributed by atoms with van der Waals surface area (Å²) in [5.41, 5.74) is 6.82. The highest BCUT2D eigenvalue weighted by Crippen LogP contribution is 2.06. The van der Waals surface area contributed by atoms with Gasteiger partial charge in [0, 0.05) is 19.5 Å². The van der Waals surface area contributed by atoms with Crippen LogP contribution in [0.5, 0.6) is 0 Å². The Bertz CT molecular complexity index is 351. The predicted molar refractivity (Wildman–Crippen MR) is 75.2 cm³/mol. The fourth-order valence-corrected chi connectivity index (χ4v) is 1.91. The second kappa shape index (κ2) is 7.88. The van der Waals surface area contributed by atoms with Gasteiger partial charge in [0.1, 0.15) is 0 Å². The van der Waals surface area contributed by atoms with E-state index in [1.54, 1.807) is 0 Å². The van der Waals surface area contributed by atoms with Crippen molar-refractivity contribution in [2.75, 3.05) is 19.6 Å². The number of nitrogens with two attached hydrogens (primary N) is 1. The van der Waals surface area contributed by atoms with E-state index in [1.165, 1.54) is 5.56 Å². The van der Waals surface area contributed by atoms with E-state index in [4.69, 9.17) is 5.73 Å². The number of rotatable bonds is 7. The molecule has 0 fully saturated rings. The normalized spacial score (nSPS) is 12.2. The van der Waals surface area contributed by atoms with Crippen LogP contribution in [0, 0.1) is 5.92 Å². The number of aryl methyl sites for hydroxylation is 1. The first kappa shape index (κ1) is 14.7. The molecule has 18 heavy (non-hydrogen) atoms. The highest BCUT2D eigenvalue weighted by atomic mass is 16.2. The monoisotopic (exact) mass is 248 g/mol. The van der Waals surface area contributed by atoms with E-state index in [9.17, 15) is 4.79 Å². The third-order valence-electron chi connectivity index (χ3n) is 3.14. The summed E-state index contributed by atoms with van der Waals surface area (Å²) in [7, 11) is 0. The Morgan fingerprint density at radius 1 is 1.33 bits per heavy atom. The zero-order valence-corrected chi connectivity index (χ0v) is 11.4. The molecule has 0 saturated heterocycles. The van der Waals surface area contributed by atoms with Crippen LogP contribution in [-0.4, -0.2) is 30.4 Å². The summed E-state index contributed by atoms with van der Waals surface area (Å²) in [5, 5.41) is 0. The minimum atomic E-state index is 0.224. The maximum absolute atomic E-state index is 12.1. The van der Waals surface area contributed by atoms with Gasteiger partial charge in [-0.2, -0.15) is 0 Å². The summed E-state index contributed by atoms with van der Waals surface area (Å²) in [6.45, 7) is 6.25. The lowest BCUT2D eigenvalue weighted by atomic mass is 10.1. The van der Waals surface area contributed by atoms with Gasteiger partial charge >= 0.3 is 0 Å². The largest absolute Gasteiger partial charge is 0.343 e. The van der Waals surface area contributed by atoms with Gasteiger partial charge in [0.25, 0.3) is 0 Å². The van der Waals surface area contributed by atoms with Gasteiger partial charge in [-0.05, 0) is 31.4 Å². The fraction of sp³-hybridized carbons (Fsp3) is 0.533. The lowest BCUT2D eigenvalue weighted by Gasteiger charge is -2.24. The summed E-state index contributed by atoms with van der Waals surface area (Å²) in [4.78, 5) is 14.0. The van der Waals surface area contributed by atoms with Crippen molar-refractivity contribution in [1.82, 2.24) is 4.90 Å². The van der Waals surface area contributed by atoms with Crippen LogP contribution in [0.15, 0.2) is 30.3 Å². The van der Waals surface area contributed by atoms with Crippen molar-refractivity contribution in [2.45, 2.75) is 26.7 Å². The van der Waals surface area contributed by atoms with E-state index in [0.29, 0.717) is 18.9 Å². The molecule has 1 atom stereocenters. The molecule has 3 nitrogen and oxygen atoms in total. The van der Waals surface area contributed by atoms with E-state index in [0.717, 1.165) is 19.5 Å². The molecule has 0 aliphatic carbocycles. The van der Waals surface area contributed by atoms with Gasteiger partial charge in [0.15, 0.2) is 0 Å². The minimum absolute atomic E-state index is 0.224. The van der Waals surface area contributed by atoms with Gasteiger partial charge in [-0.25, -0.2) is 0 Å². The molecule has 0 aromatic heterocycles. The molecule has 0 saturated carbocycles. The van der Waals surface area contributed by atoms with Gasteiger partial charge in [0.2, 0.25) is 5.91 Å². The van der Waals surface area contributed by atoms with E-state index in [1.807, 2.05) is 30.0 Å². The minimum Gasteiger partial charge on any atom is -0.343 e. The highest BCUT2D eigenvalue weighted by molar-refractivity contribution is 5.76. The van der Waals surface area contributed by atoms with E-state index in [2.05, 4.69) is 19.1 Å². The molecule has 0 aliphatic rings. The van der Waals surface area contributed by atoms with Crippen LogP contribution in [-0.2, 0) is 11.2 Å².